The minimum absolute atomic E-state index is 0.0668. The number of hydrogen-bond donors (Lipinski definition) is 3. The maximum absolute atomic E-state index is 10.9. The maximum atomic E-state index is 10.9. The molecule has 0 fully saturated rings. The Morgan fingerprint density at radius 3 is 1.55 bits per heavy atom. The summed E-state index contributed by atoms with van der Waals surface area (Å²) in [6.45, 7) is 10.4. The first-order valence-corrected chi connectivity index (χ1v) is 11.1. The molecule has 0 aromatic rings. The van der Waals surface area contributed by atoms with Crippen molar-refractivity contribution in [3.8, 4) is 0 Å². The van der Waals surface area contributed by atoms with Crippen LogP contribution in [0, 0.1) is 0 Å². The van der Waals surface area contributed by atoms with Gasteiger partial charge in [0, 0.05) is 0 Å². The van der Waals surface area contributed by atoms with Crippen LogP contribution in [0.3, 0.4) is 0 Å². The van der Waals surface area contributed by atoms with Crippen LogP contribution in [0.15, 0.2) is 25.3 Å². The van der Waals surface area contributed by atoms with Crippen LogP contribution in [-0.2, 0) is 23.6 Å². The van der Waals surface area contributed by atoms with Gasteiger partial charge in [0.1, 0.15) is 0 Å². The second-order valence-electron chi connectivity index (χ2n) is 4.35. The average Bonchev–Trinajstić information content (AvgIpc) is 2.36. The Kier molecular flexibility index (Phi) is 14.5. The molecule has 0 aliphatic carbocycles. The fourth-order valence-corrected chi connectivity index (χ4v) is 3.84. The van der Waals surface area contributed by atoms with E-state index in [1.54, 1.807) is 0 Å². The SMILES string of the molecule is C=CC(=O)OC(C)[CH2][Ca][CH2]C(C)OC(=O)C=C.O=P(O)(O)O. The van der Waals surface area contributed by atoms with Gasteiger partial charge in [-0.25, -0.2) is 4.57 Å². The maximum Gasteiger partial charge on any atom is 0.466 e. The molecule has 0 aromatic heterocycles. The van der Waals surface area contributed by atoms with Crippen LogP contribution in [0.2, 0.25) is 5.04 Å². The molecule has 10 heteroatoms. The van der Waals surface area contributed by atoms with Crippen LogP contribution in [0.25, 0.3) is 0 Å². The first-order valence-electron chi connectivity index (χ1n) is 6.44. The third kappa shape index (κ3) is 22.1. The van der Waals surface area contributed by atoms with Crippen molar-refractivity contribution in [2.24, 2.45) is 0 Å². The molecular weight excluding hydrogens is 343 g/mol. The van der Waals surface area contributed by atoms with Crippen LogP contribution in [0.1, 0.15) is 13.8 Å². The fraction of sp³-hybridized carbons (Fsp3) is 0.500. The number of phosphoric acid groups is 1. The molecule has 0 radical (unpaired) electrons. The van der Waals surface area contributed by atoms with Gasteiger partial charge in [0.05, 0.1) is 0 Å². The van der Waals surface area contributed by atoms with Gasteiger partial charge in [-0.05, 0) is 0 Å². The zero-order valence-electron chi connectivity index (χ0n) is 12.7. The van der Waals surface area contributed by atoms with E-state index in [1.807, 2.05) is 13.8 Å². The van der Waals surface area contributed by atoms with Crippen molar-refractivity contribution in [3.63, 3.8) is 0 Å². The van der Waals surface area contributed by atoms with Gasteiger partial charge >= 0.3 is 129 Å². The van der Waals surface area contributed by atoms with Crippen LogP contribution < -0.4 is 0 Å². The summed E-state index contributed by atoms with van der Waals surface area (Å²) in [4.78, 5) is 43.4. The van der Waals surface area contributed by atoms with E-state index in [-0.39, 0.29) is 24.1 Å². The van der Waals surface area contributed by atoms with Crippen molar-refractivity contribution >= 4 is 53.6 Å². The Bertz CT molecular complexity index is 383. The molecular formula is C12H21CaO8P. The van der Waals surface area contributed by atoms with Crippen LogP contribution in [-0.4, -0.2) is 72.7 Å². The summed E-state index contributed by atoms with van der Waals surface area (Å²) in [5.74, 6) is -0.767. The molecule has 0 saturated carbocycles. The quantitative estimate of drug-likeness (QED) is 0.250. The summed E-state index contributed by atoms with van der Waals surface area (Å²) in [6, 6.07) is 0. The summed E-state index contributed by atoms with van der Waals surface area (Å²) < 4.78 is 20.8. The fourth-order valence-electron chi connectivity index (χ4n) is 1.30. The molecule has 0 heterocycles. The van der Waals surface area contributed by atoms with Crippen LogP contribution >= 0.6 is 7.82 Å². The van der Waals surface area contributed by atoms with E-state index in [9.17, 15) is 9.59 Å². The summed E-state index contributed by atoms with van der Waals surface area (Å²) in [7, 11) is -4.64. The van der Waals surface area contributed by atoms with E-state index in [4.69, 9.17) is 28.7 Å². The first-order chi connectivity index (χ1) is 9.99. The number of carbonyl (C=O) groups is 2. The smallest absolute Gasteiger partial charge is 0.303 e. The van der Waals surface area contributed by atoms with E-state index < -0.39 is 41.7 Å². The molecule has 124 valence electrons. The normalized spacial score (nSPS) is 12.6. The van der Waals surface area contributed by atoms with Gasteiger partial charge in [0.2, 0.25) is 0 Å². The van der Waals surface area contributed by atoms with Gasteiger partial charge in [-0.2, -0.15) is 0 Å². The number of hydrogen-bond acceptors (Lipinski definition) is 5. The predicted molar refractivity (Wildman–Crippen MR) is 81.1 cm³/mol. The number of rotatable bonds is 8. The Hall–Kier alpha value is -0.210. The second-order valence-corrected chi connectivity index (χ2v) is 8.28. The van der Waals surface area contributed by atoms with E-state index in [0.29, 0.717) is 0 Å². The number of carbonyl (C=O) groups excluding carboxylic acids is 2. The Labute approximate surface area is 147 Å². The third-order valence-electron chi connectivity index (χ3n) is 2.19. The molecule has 22 heavy (non-hydrogen) atoms. The molecule has 0 rings (SSSR count). The molecule has 0 aliphatic heterocycles. The molecule has 0 saturated heterocycles. The third-order valence-corrected chi connectivity index (χ3v) is 6.00. The van der Waals surface area contributed by atoms with Crippen molar-refractivity contribution in [2.75, 3.05) is 0 Å². The molecule has 3 N–H and O–H groups in total. The summed E-state index contributed by atoms with van der Waals surface area (Å²) in [5.41, 5.74) is 0. The molecule has 8 nitrogen and oxygen atoms in total. The van der Waals surface area contributed by atoms with E-state index >= 15 is 0 Å². The zero-order chi connectivity index (χ0) is 17.8. The molecule has 2 unspecified atom stereocenters. The average molecular weight is 364 g/mol. The molecule has 0 bridgehead atoms. The van der Waals surface area contributed by atoms with E-state index in [2.05, 4.69) is 13.2 Å². The zero-order valence-corrected chi connectivity index (χ0v) is 15.8. The van der Waals surface area contributed by atoms with Gasteiger partial charge in [0.15, 0.2) is 0 Å². The molecule has 0 amide bonds. The van der Waals surface area contributed by atoms with E-state index in [0.717, 1.165) is 17.2 Å². The van der Waals surface area contributed by atoms with Crippen molar-refractivity contribution in [1.82, 2.24) is 0 Å². The van der Waals surface area contributed by atoms with Gasteiger partial charge in [-0.1, -0.05) is 0 Å². The van der Waals surface area contributed by atoms with Gasteiger partial charge in [0.25, 0.3) is 0 Å². The molecule has 0 aromatic carbocycles. The van der Waals surface area contributed by atoms with Crippen molar-refractivity contribution in [2.45, 2.75) is 31.1 Å². The molecule has 0 aliphatic rings. The largest absolute Gasteiger partial charge is 0.466 e. The van der Waals surface area contributed by atoms with Crippen LogP contribution in [0.4, 0.5) is 0 Å². The number of ether oxygens (including phenoxy) is 2. The van der Waals surface area contributed by atoms with Crippen molar-refractivity contribution in [3.05, 3.63) is 25.3 Å². The summed E-state index contributed by atoms with van der Waals surface area (Å²) in [5, 5.41) is 0. The topological polar surface area (TPSA) is 130 Å². The second kappa shape index (κ2) is 13.2. The summed E-state index contributed by atoms with van der Waals surface area (Å²) in [6.07, 6.45) is 2.20. The van der Waals surface area contributed by atoms with Gasteiger partial charge in [-0.15, -0.1) is 0 Å². The van der Waals surface area contributed by atoms with Gasteiger partial charge < -0.3 is 14.7 Å². The standard InChI is InChI=1S/2C6H9O2.Ca.H3O4P/c2*1-4-6(7)8-5(2)3;;1-5(2,3)4/h2*4-5H,1-2H2,3H3;;(H3,1,2,3,4). The predicted octanol–water partition coefficient (Wildman–Crippen LogP) is 0.834. The van der Waals surface area contributed by atoms with Crippen molar-refractivity contribution < 1.29 is 38.3 Å². The van der Waals surface area contributed by atoms with Crippen LogP contribution in [0.5, 0.6) is 0 Å². The number of esters is 2. The Morgan fingerprint density at radius 2 is 1.32 bits per heavy atom. The monoisotopic (exact) mass is 364 g/mol. The first kappa shape index (κ1) is 24.0. The Morgan fingerprint density at radius 1 is 1.05 bits per heavy atom. The minimum atomic E-state index is -4.64. The summed E-state index contributed by atoms with van der Waals surface area (Å²) >= 11 is -0.836. The van der Waals surface area contributed by atoms with Gasteiger partial charge in [-0.3, -0.25) is 0 Å². The molecule has 2 atom stereocenters. The van der Waals surface area contributed by atoms with Crippen molar-refractivity contribution in [1.29, 1.82) is 0 Å². The minimum Gasteiger partial charge on any atom is -0.303 e. The van der Waals surface area contributed by atoms with E-state index in [1.165, 1.54) is 0 Å². The Balaban J connectivity index is 0. The molecule has 0 spiro atoms.